The Morgan fingerprint density at radius 1 is 1.10 bits per heavy atom. The number of hydrogen-bond donors (Lipinski definition) is 4. The number of ether oxygens (including phenoxy) is 2. The van der Waals surface area contributed by atoms with Gasteiger partial charge in [-0.3, -0.25) is 19.1 Å². The van der Waals surface area contributed by atoms with Gasteiger partial charge in [-0.1, -0.05) is 6.07 Å². The van der Waals surface area contributed by atoms with Gasteiger partial charge in [-0.05, 0) is 43.2 Å². The molecule has 1 aliphatic rings. The van der Waals surface area contributed by atoms with Crippen LogP contribution < -0.4 is 26.0 Å². The molecule has 218 valence electrons. The fraction of sp³-hybridized carbons (Fsp3) is 0.385. The third-order valence-electron chi connectivity index (χ3n) is 6.28. The number of carbonyl (C=O) groups is 3. The lowest BCUT2D eigenvalue weighted by Gasteiger charge is -2.22. The summed E-state index contributed by atoms with van der Waals surface area (Å²) in [6.45, 7) is 2.66. The van der Waals surface area contributed by atoms with Crippen molar-refractivity contribution >= 4 is 58.5 Å². The Morgan fingerprint density at radius 3 is 2.52 bits per heavy atom. The first-order chi connectivity index (χ1) is 20.0. The number of anilines is 3. The van der Waals surface area contributed by atoms with E-state index in [4.69, 9.17) is 9.47 Å². The molecule has 16 heteroatoms. The lowest BCUT2D eigenvalue weighted by atomic mass is 9.49. The van der Waals surface area contributed by atoms with E-state index in [1.807, 2.05) is 54.7 Å². The van der Waals surface area contributed by atoms with Gasteiger partial charge in [0.25, 0.3) is 5.91 Å². The normalized spacial score (nSPS) is 12.8. The Kier molecular flexibility index (Phi) is 9.56. The Labute approximate surface area is 247 Å². The lowest BCUT2D eigenvalue weighted by molar-refractivity contribution is -0.124. The van der Waals surface area contributed by atoms with E-state index in [0.29, 0.717) is 30.2 Å². The second-order valence-electron chi connectivity index (χ2n) is 11.1. The van der Waals surface area contributed by atoms with Crippen LogP contribution >= 0.6 is 0 Å². The smallest absolute Gasteiger partial charge is 0.272 e. The summed E-state index contributed by atoms with van der Waals surface area (Å²) in [5.74, 6) is -0.0338. The molecule has 1 saturated carbocycles. The molecular weight excluding hydrogens is 537 g/mol. The molecule has 2 aromatic heterocycles. The Hall–Kier alpha value is -4.33. The van der Waals surface area contributed by atoms with Gasteiger partial charge in [-0.2, -0.15) is 5.10 Å². The van der Waals surface area contributed by atoms with Crippen molar-refractivity contribution in [1.82, 2.24) is 30.6 Å². The summed E-state index contributed by atoms with van der Waals surface area (Å²) < 4.78 is 12.5. The number of rotatable bonds is 13. The highest BCUT2D eigenvalue weighted by Crippen LogP contribution is 2.39. The molecule has 0 aliphatic heterocycles. The second kappa shape index (κ2) is 13.1. The zero-order chi connectivity index (χ0) is 30.4. The topological polar surface area (TPSA) is 161 Å². The number of amides is 3. The maximum atomic E-state index is 13.2. The molecule has 0 unspecified atom stereocenters. The average Bonchev–Trinajstić information content (AvgIpc) is 3.70. The second-order valence-corrected chi connectivity index (χ2v) is 11.1. The fourth-order valence-corrected chi connectivity index (χ4v) is 4.31. The number of nitrogens with zero attached hydrogens (tertiary/aromatic N) is 4. The lowest BCUT2D eigenvalue weighted by Crippen LogP contribution is -2.50. The quantitative estimate of drug-likeness (QED) is 0.184. The molecule has 1 fully saturated rings. The van der Waals surface area contributed by atoms with Crippen LogP contribution in [0.3, 0.4) is 0 Å². The Bertz CT molecular complexity index is 1470. The standard InChI is InChI=1S/C26H35B3N8O5/c1-14-11-19(37(36-14)10-9-30-21(38)13-41-2)16-5-4-6-17(23(16)42-3)31-18-12-20(32-24(39)15-7-8-15)34-35-22(18)25(40)33-26(27,28)29/h4-6,11-12,15H,7-10,13,27-29H2,1-3H3,(H,30,38)(H,33,40)(H2,31,32,34,39). The van der Waals surface area contributed by atoms with E-state index in [-0.39, 0.29) is 35.9 Å². The van der Waals surface area contributed by atoms with Crippen molar-refractivity contribution in [3.63, 3.8) is 0 Å². The Balaban J connectivity index is 1.67. The molecule has 0 bridgehead atoms. The number of hydrogen-bond acceptors (Lipinski definition) is 9. The van der Waals surface area contributed by atoms with Crippen molar-refractivity contribution in [1.29, 1.82) is 0 Å². The molecule has 1 aliphatic carbocycles. The van der Waals surface area contributed by atoms with Crippen LogP contribution in [0, 0.1) is 12.8 Å². The maximum Gasteiger partial charge on any atom is 0.272 e. The van der Waals surface area contributed by atoms with Crippen LogP contribution in [0.25, 0.3) is 11.3 Å². The van der Waals surface area contributed by atoms with Gasteiger partial charge in [-0.25, -0.2) is 0 Å². The van der Waals surface area contributed by atoms with Gasteiger partial charge in [0.1, 0.15) is 30.1 Å². The highest BCUT2D eigenvalue weighted by atomic mass is 16.5. The van der Waals surface area contributed by atoms with E-state index in [9.17, 15) is 14.4 Å². The maximum absolute atomic E-state index is 13.2. The van der Waals surface area contributed by atoms with Crippen molar-refractivity contribution < 1.29 is 23.9 Å². The summed E-state index contributed by atoms with van der Waals surface area (Å²) in [4.78, 5) is 37.4. The van der Waals surface area contributed by atoms with Gasteiger partial charge < -0.3 is 30.7 Å². The van der Waals surface area contributed by atoms with Crippen molar-refractivity contribution in [3.8, 4) is 17.0 Å². The largest absolute Gasteiger partial charge is 0.494 e. The summed E-state index contributed by atoms with van der Waals surface area (Å²) in [6, 6.07) is 9.09. The van der Waals surface area contributed by atoms with Crippen LogP contribution in [-0.2, 0) is 20.9 Å². The van der Waals surface area contributed by atoms with Crippen LogP contribution in [0.4, 0.5) is 17.2 Å². The Morgan fingerprint density at radius 2 is 1.86 bits per heavy atom. The first kappa shape index (κ1) is 30.6. The van der Waals surface area contributed by atoms with Crippen LogP contribution in [-0.4, -0.2) is 93.8 Å². The molecule has 0 spiro atoms. The van der Waals surface area contributed by atoms with E-state index in [1.54, 1.807) is 17.9 Å². The highest BCUT2D eigenvalue weighted by molar-refractivity contribution is 6.60. The summed E-state index contributed by atoms with van der Waals surface area (Å²) in [7, 11) is 8.64. The minimum absolute atomic E-state index is 0.0157. The predicted molar refractivity (Wildman–Crippen MR) is 166 cm³/mol. The molecular formula is C26H35B3N8O5. The van der Waals surface area contributed by atoms with Crippen LogP contribution in [0.1, 0.15) is 29.0 Å². The van der Waals surface area contributed by atoms with Gasteiger partial charge in [0.15, 0.2) is 17.3 Å². The van der Waals surface area contributed by atoms with Crippen LogP contribution in [0.5, 0.6) is 5.75 Å². The number of methoxy groups -OCH3 is 2. The van der Waals surface area contributed by atoms with Gasteiger partial charge in [-0.15, -0.1) is 10.2 Å². The first-order valence-corrected chi connectivity index (χ1v) is 13.7. The van der Waals surface area contributed by atoms with Crippen molar-refractivity contribution in [2.75, 3.05) is 38.0 Å². The van der Waals surface area contributed by atoms with Gasteiger partial charge in [0.2, 0.25) is 11.8 Å². The molecule has 0 atom stereocenters. The molecule has 13 nitrogen and oxygen atoms in total. The molecule has 3 aromatic rings. The van der Waals surface area contributed by atoms with E-state index in [1.165, 1.54) is 7.11 Å². The molecule has 0 saturated heterocycles. The monoisotopic (exact) mass is 572 g/mol. The zero-order valence-electron chi connectivity index (χ0n) is 24.8. The summed E-state index contributed by atoms with van der Waals surface area (Å²) in [5, 5.41) is 24.1. The van der Waals surface area contributed by atoms with Gasteiger partial charge in [0.05, 0.1) is 36.4 Å². The number of aryl methyl sites for hydroxylation is 1. The average molecular weight is 572 g/mol. The summed E-state index contributed by atoms with van der Waals surface area (Å²) in [6.07, 6.45) is 1.69. The number of para-hydroxylation sites is 1. The summed E-state index contributed by atoms with van der Waals surface area (Å²) >= 11 is 0. The van der Waals surface area contributed by atoms with Crippen molar-refractivity contribution in [2.45, 2.75) is 31.5 Å². The third kappa shape index (κ3) is 7.90. The zero-order valence-corrected chi connectivity index (χ0v) is 24.8. The highest BCUT2D eigenvalue weighted by Gasteiger charge is 2.30. The SMILES string of the molecule is BC(B)(B)NC(=O)c1nnc(NC(=O)C2CC2)cc1Nc1cccc(-c2cc(C)nn2CCNC(=O)COC)c1OC. The van der Waals surface area contributed by atoms with Crippen molar-refractivity contribution in [2.24, 2.45) is 5.92 Å². The number of nitrogens with one attached hydrogen (secondary N) is 4. The first-order valence-electron chi connectivity index (χ1n) is 13.7. The van der Waals surface area contributed by atoms with Crippen molar-refractivity contribution in [3.05, 3.63) is 41.7 Å². The minimum atomic E-state index is -0.508. The molecule has 4 N–H and O–H groups in total. The third-order valence-corrected chi connectivity index (χ3v) is 6.28. The molecule has 0 radical (unpaired) electrons. The number of aromatic nitrogens is 4. The van der Waals surface area contributed by atoms with Crippen LogP contribution in [0.2, 0.25) is 0 Å². The predicted octanol–water partition coefficient (Wildman–Crippen LogP) is -1.25. The molecule has 42 heavy (non-hydrogen) atoms. The van der Waals surface area contributed by atoms with E-state index < -0.39 is 11.1 Å². The molecule has 2 heterocycles. The number of carbonyl (C=O) groups excluding carboxylic acids is 3. The van der Waals surface area contributed by atoms with Gasteiger partial charge in [0, 0.05) is 31.2 Å². The van der Waals surface area contributed by atoms with E-state index in [0.717, 1.165) is 29.8 Å². The minimum Gasteiger partial charge on any atom is -0.494 e. The fourth-order valence-electron chi connectivity index (χ4n) is 4.31. The van der Waals surface area contributed by atoms with E-state index >= 15 is 0 Å². The molecule has 3 amide bonds. The molecule has 1 aromatic carbocycles. The summed E-state index contributed by atoms with van der Waals surface area (Å²) in [5.41, 5.74) is 3.30. The van der Waals surface area contributed by atoms with E-state index in [2.05, 4.69) is 36.6 Å². The molecule has 4 rings (SSSR count). The number of benzene rings is 1. The van der Waals surface area contributed by atoms with Crippen LogP contribution in [0.15, 0.2) is 30.3 Å². The van der Waals surface area contributed by atoms with Gasteiger partial charge >= 0.3 is 0 Å².